The minimum absolute atomic E-state index is 0.474. The number of carbonyl (C=O) groups is 2. The lowest BCUT2D eigenvalue weighted by molar-refractivity contribution is -0.124. The molecule has 0 unspecified atom stereocenters. The second kappa shape index (κ2) is 8.94. The van der Waals surface area contributed by atoms with Crippen molar-refractivity contribution in [3.63, 3.8) is 0 Å². The molecule has 2 amide bonds. The van der Waals surface area contributed by atoms with E-state index in [0.29, 0.717) is 22.5 Å². The van der Waals surface area contributed by atoms with Crippen molar-refractivity contribution in [2.75, 3.05) is 10.6 Å². The molecule has 0 radical (unpaired) electrons. The van der Waals surface area contributed by atoms with E-state index in [9.17, 15) is 19.8 Å². The van der Waals surface area contributed by atoms with Crippen LogP contribution in [0.25, 0.3) is 0 Å². The monoisotopic (exact) mass is 376 g/mol. The highest BCUT2D eigenvalue weighted by Crippen LogP contribution is 2.19. The van der Waals surface area contributed by atoms with Crippen LogP contribution in [0.2, 0.25) is 0 Å². The van der Waals surface area contributed by atoms with Gasteiger partial charge in [0.2, 0.25) is 0 Å². The Kier molecular flexibility index (Phi) is 6.16. The molecule has 0 saturated carbocycles. The number of amides is 2. The van der Waals surface area contributed by atoms with Crippen LogP contribution in [0.5, 0.6) is 0 Å². The predicted molar refractivity (Wildman–Crippen MR) is 107 cm³/mol. The summed E-state index contributed by atoms with van der Waals surface area (Å²) in [4.78, 5) is 24.3. The molecule has 28 heavy (non-hydrogen) atoms. The van der Waals surface area contributed by atoms with E-state index in [0.717, 1.165) is 0 Å². The zero-order chi connectivity index (χ0) is 19.9. The maximum absolute atomic E-state index is 12.2. The molecule has 3 aromatic rings. The first-order valence-corrected chi connectivity index (χ1v) is 8.72. The molecule has 0 spiro atoms. The summed E-state index contributed by atoms with van der Waals surface area (Å²) < 4.78 is 0. The van der Waals surface area contributed by atoms with Gasteiger partial charge in [0, 0.05) is 11.4 Å². The Balaban J connectivity index is 1.59. The fourth-order valence-electron chi connectivity index (χ4n) is 2.63. The number of anilines is 2. The van der Waals surface area contributed by atoms with E-state index in [1.807, 2.05) is 0 Å². The van der Waals surface area contributed by atoms with Crippen LogP contribution in [0.4, 0.5) is 11.4 Å². The topological polar surface area (TPSA) is 98.7 Å². The number of hydrogen-bond donors (Lipinski definition) is 4. The van der Waals surface area contributed by atoms with Crippen LogP contribution in [-0.4, -0.2) is 22.0 Å². The van der Waals surface area contributed by atoms with E-state index in [-0.39, 0.29) is 0 Å². The molecule has 0 aliphatic rings. The molecular weight excluding hydrogens is 356 g/mol. The van der Waals surface area contributed by atoms with Gasteiger partial charge in [0.05, 0.1) is 0 Å². The highest BCUT2D eigenvalue weighted by atomic mass is 16.3. The highest BCUT2D eigenvalue weighted by Gasteiger charge is 2.18. The van der Waals surface area contributed by atoms with Crippen LogP contribution in [0.15, 0.2) is 84.9 Å². The van der Waals surface area contributed by atoms with E-state index in [1.54, 1.807) is 84.9 Å². The van der Waals surface area contributed by atoms with Crippen molar-refractivity contribution < 1.29 is 19.8 Å². The van der Waals surface area contributed by atoms with Crippen molar-refractivity contribution in [2.45, 2.75) is 12.2 Å². The molecule has 6 heteroatoms. The van der Waals surface area contributed by atoms with Gasteiger partial charge >= 0.3 is 0 Å². The third-order valence-electron chi connectivity index (χ3n) is 4.15. The van der Waals surface area contributed by atoms with Gasteiger partial charge in [-0.05, 0) is 35.4 Å². The van der Waals surface area contributed by atoms with E-state index < -0.39 is 24.0 Å². The van der Waals surface area contributed by atoms with Gasteiger partial charge in [-0.15, -0.1) is 0 Å². The normalized spacial score (nSPS) is 12.6. The Morgan fingerprint density at radius 3 is 1.21 bits per heavy atom. The molecule has 0 saturated heterocycles. The number of benzene rings is 3. The summed E-state index contributed by atoms with van der Waals surface area (Å²) in [7, 11) is 0. The van der Waals surface area contributed by atoms with Crippen molar-refractivity contribution in [1.82, 2.24) is 0 Å². The molecule has 0 bridgehead atoms. The quantitative estimate of drug-likeness (QED) is 0.531. The van der Waals surface area contributed by atoms with Crippen LogP contribution >= 0.6 is 0 Å². The van der Waals surface area contributed by atoms with Gasteiger partial charge in [-0.3, -0.25) is 9.59 Å². The Bertz CT molecular complexity index is 849. The number of aliphatic hydroxyl groups is 2. The molecule has 142 valence electrons. The van der Waals surface area contributed by atoms with Gasteiger partial charge in [0.15, 0.2) is 12.2 Å². The standard InChI is InChI=1S/C22H20N2O4/c25-19(15-7-3-1-4-8-15)21(27)23-17-11-13-18(14-12-17)24-22(28)20(26)16-9-5-2-6-10-16/h1-14,19-20,25-26H,(H,23,27)(H,24,28)/t19-,20-/m1/s1. The summed E-state index contributed by atoms with van der Waals surface area (Å²) >= 11 is 0. The SMILES string of the molecule is O=C(Nc1ccc(NC(=O)[C@H](O)c2ccccc2)cc1)[C@H](O)c1ccccc1. The Hall–Kier alpha value is -3.48. The average molecular weight is 376 g/mol. The van der Waals surface area contributed by atoms with Crippen LogP contribution in [0, 0.1) is 0 Å². The fourth-order valence-corrected chi connectivity index (χ4v) is 2.63. The van der Waals surface area contributed by atoms with Gasteiger partial charge in [0.25, 0.3) is 11.8 Å². The lowest BCUT2D eigenvalue weighted by Crippen LogP contribution is -2.21. The largest absolute Gasteiger partial charge is 0.378 e. The minimum atomic E-state index is -1.28. The van der Waals surface area contributed by atoms with Crippen LogP contribution in [-0.2, 0) is 9.59 Å². The Morgan fingerprint density at radius 2 is 0.893 bits per heavy atom. The number of aliphatic hydroxyl groups excluding tert-OH is 2. The maximum atomic E-state index is 12.2. The Labute approximate surface area is 162 Å². The second-order valence-corrected chi connectivity index (χ2v) is 6.18. The first-order valence-electron chi connectivity index (χ1n) is 8.72. The lowest BCUT2D eigenvalue weighted by Gasteiger charge is -2.13. The summed E-state index contributed by atoms with van der Waals surface area (Å²) in [5, 5.41) is 25.4. The molecular formula is C22H20N2O4. The van der Waals surface area contributed by atoms with Gasteiger partial charge in [-0.25, -0.2) is 0 Å². The van der Waals surface area contributed by atoms with Crippen LogP contribution in [0.1, 0.15) is 23.3 Å². The van der Waals surface area contributed by atoms with Crippen molar-refractivity contribution in [2.24, 2.45) is 0 Å². The molecule has 2 atom stereocenters. The van der Waals surface area contributed by atoms with E-state index in [4.69, 9.17) is 0 Å². The fraction of sp³-hybridized carbons (Fsp3) is 0.0909. The molecule has 0 aromatic heterocycles. The first-order chi connectivity index (χ1) is 13.5. The van der Waals surface area contributed by atoms with Gasteiger partial charge < -0.3 is 20.8 Å². The van der Waals surface area contributed by atoms with Gasteiger partial charge in [0.1, 0.15) is 0 Å². The maximum Gasteiger partial charge on any atom is 0.257 e. The molecule has 0 fully saturated rings. The zero-order valence-corrected chi connectivity index (χ0v) is 14.9. The van der Waals surface area contributed by atoms with Crippen molar-refractivity contribution in [3.05, 3.63) is 96.1 Å². The molecule has 4 N–H and O–H groups in total. The molecule has 0 aliphatic heterocycles. The number of hydrogen-bond acceptors (Lipinski definition) is 4. The number of nitrogens with one attached hydrogen (secondary N) is 2. The summed E-state index contributed by atoms with van der Waals surface area (Å²) in [6.45, 7) is 0. The average Bonchev–Trinajstić information content (AvgIpc) is 2.75. The predicted octanol–water partition coefficient (Wildman–Crippen LogP) is 3.03. The second-order valence-electron chi connectivity index (χ2n) is 6.18. The number of carbonyl (C=O) groups excluding carboxylic acids is 2. The van der Waals surface area contributed by atoms with Crippen molar-refractivity contribution >= 4 is 23.2 Å². The summed E-state index contributed by atoms with van der Waals surface area (Å²) in [6, 6.07) is 23.6. The first kappa shape index (κ1) is 19.3. The molecule has 3 aromatic carbocycles. The van der Waals surface area contributed by atoms with E-state index >= 15 is 0 Å². The van der Waals surface area contributed by atoms with Gasteiger partial charge in [-0.2, -0.15) is 0 Å². The smallest absolute Gasteiger partial charge is 0.257 e. The summed E-state index contributed by atoms with van der Waals surface area (Å²) in [6.07, 6.45) is -2.55. The minimum Gasteiger partial charge on any atom is -0.378 e. The van der Waals surface area contributed by atoms with Crippen LogP contribution < -0.4 is 10.6 Å². The number of rotatable bonds is 6. The summed E-state index contributed by atoms with van der Waals surface area (Å²) in [5.74, 6) is -1.11. The zero-order valence-electron chi connectivity index (χ0n) is 14.9. The third kappa shape index (κ3) is 4.82. The van der Waals surface area contributed by atoms with Crippen molar-refractivity contribution in [1.29, 1.82) is 0 Å². The highest BCUT2D eigenvalue weighted by molar-refractivity contribution is 5.96. The van der Waals surface area contributed by atoms with Gasteiger partial charge in [-0.1, -0.05) is 60.7 Å². The molecule has 0 aliphatic carbocycles. The molecule has 3 rings (SSSR count). The molecule has 6 nitrogen and oxygen atoms in total. The van der Waals surface area contributed by atoms with Crippen LogP contribution in [0.3, 0.4) is 0 Å². The Morgan fingerprint density at radius 1 is 0.571 bits per heavy atom. The third-order valence-corrected chi connectivity index (χ3v) is 4.15. The van der Waals surface area contributed by atoms with Crippen molar-refractivity contribution in [3.8, 4) is 0 Å². The summed E-state index contributed by atoms with van der Waals surface area (Å²) in [5.41, 5.74) is 1.95. The molecule has 0 heterocycles. The van der Waals surface area contributed by atoms with E-state index in [1.165, 1.54) is 0 Å². The van der Waals surface area contributed by atoms with E-state index in [2.05, 4.69) is 10.6 Å². The lowest BCUT2D eigenvalue weighted by atomic mass is 10.1.